The monoisotopic (exact) mass is 229 g/mol. The fourth-order valence-electron chi connectivity index (χ4n) is 2.16. The first-order chi connectivity index (χ1) is 7.07. The summed E-state index contributed by atoms with van der Waals surface area (Å²) in [6.07, 6.45) is 7.87. The van der Waals surface area contributed by atoms with Crippen molar-refractivity contribution < 1.29 is 8.42 Å². The maximum atomic E-state index is 11.5. The zero-order valence-corrected chi connectivity index (χ0v) is 9.52. The van der Waals surface area contributed by atoms with Gasteiger partial charge in [-0.3, -0.25) is 0 Å². The predicted octanol–water partition coefficient (Wildman–Crippen LogP) is 0.806. The minimum Gasteiger partial charge on any atom is -0.250 e. The van der Waals surface area contributed by atoms with Crippen LogP contribution in [0.1, 0.15) is 31.7 Å². The van der Waals surface area contributed by atoms with Crippen molar-refractivity contribution in [3.05, 3.63) is 12.7 Å². The van der Waals surface area contributed by atoms with Crippen LogP contribution in [0.15, 0.2) is 12.7 Å². The van der Waals surface area contributed by atoms with E-state index >= 15 is 0 Å². The van der Waals surface area contributed by atoms with E-state index in [1.54, 1.807) is 11.0 Å². The lowest BCUT2D eigenvalue weighted by Crippen LogP contribution is -2.29. The van der Waals surface area contributed by atoms with Crippen molar-refractivity contribution in [3.8, 4) is 0 Å². The van der Waals surface area contributed by atoms with Crippen molar-refractivity contribution in [3.63, 3.8) is 0 Å². The number of nitrogens with zero attached hydrogens (tertiary/aromatic N) is 3. The highest BCUT2D eigenvalue weighted by Crippen LogP contribution is 2.30. The first-order valence-electron chi connectivity index (χ1n) is 5.10. The Morgan fingerprint density at radius 3 is 2.80 bits per heavy atom. The maximum absolute atomic E-state index is 11.5. The molecule has 15 heavy (non-hydrogen) atoms. The van der Waals surface area contributed by atoms with Crippen LogP contribution in [0.25, 0.3) is 0 Å². The van der Waals surface area contributed by atoms with E-state index < -0.39 is 9.84 Å². The zero-order valence-electron chi connectivity index (χ0n) is 8.70. The van der Waals surface area contributed by atoms with Gasteiger partial charge < -0.3 is 0 Å². The number of rotatable bonds is 2. The number of aromatic nitrogens is 3. The average Bonchev–Trinajstić information content (AvgIpc) is 2.69. The smallest absolute Gasteiger partial charge is 0.150 e. The van der Waals surface area contributed by atoms with Gasteiger partial charge in [0, 0.05) is 6.26 Å². The van der Waals surface area contributed by atoms with E-state index in [-0.39, 0.29) is 11.3 Å². The van der Waals surface area contributed by atoms with Crippen molar-refractivity contribution in [1.82, 2.24) is 14.8 Å². The molecule has 0 radical (unpaired) electrons. The van der Waals surface area contributed by atoms with Crippen molar-refractivity contribution in [2.75, 3.05) is 6.26 Å². The van der Waals surface area contributed by atoms with E-state index in [2.05, 4.69) is 10.1 Å². The Bertz CT molecular complexity index is 413. The molecule has 0 aliphatic heterocycles. The third-order valence-corrected chi connectivity index (χ3v) is 4.65. The van der Waals surface area contributed by atoms with Crippen LogP contribution < -0.4 is 0 Å². The van der Waals surface area contributed by atoms with Crippen molar-refractivity contribution in [2.24, 2.45) is 0 Å². The van der Waals surface area contributed by atoms with E-state index in [1.165, 1.54) is 12.6 Å². The highest BCUT2D eigenvalue weighted by molar-refractivity contribution is 7.91. The molecule has 0 aromatic carbocycles. The molecule has 0 bridgehead atoms. The molecule has 1 aromatic heterocycles. The van der Waals surface area contributed by atoms with Gasteiger partial charge in [0.25, 0.3) is 0 Å². The summed E-state index contributed by atoms with van der Waals surface area (Å²) in [6.45, 7) is 0. The first kappa shape index (κ1) is 10.6. The molecular weight excluding hydrogens is 214 g/mol. The normalized spacial score (nSPS) is 27.8. The van der Waals surface area contributed by atoms with Gasteiger partial charge in [0.2, 0.25) is 0 Å². The Balaban J connectivity index is 2.12. The largest absolute Gasteiger partial charge is 0.250 e. The molecule has 0 N–H and O–H groups in total. The summed E-state index contributed by atoms with van der Waals surface area (Å²) in [6, 6.07) is 0.195. The third-order valence-electron chi connectivity index (χ3n) is 3.01. The molecule has 84 valence electrons. The topological polar surface area (TPSA) is 64.8 Å². The van der Waals surface area contributed by atoms with Gasteiger partial charge in [-0.2, -0.15) is 5.10 Å². The summed E-state index contributed by atoms with van der Waals surface area (Å²) in [4.78, 5) is 3.89. The van der Waals surface area contributed by atoms with Crippen molar-refractivity contribution >= 4 is 9.84 Å². The maximum Gasteiger partial charge on any atom is 0.150 e. The van der Waals surface area contributed by atoms with Crippen LogP contribution in [-0.4, -0.2) is 34.7 Å². The van der Waals surface area contributed by atoms with Gasteiger partial charge in [-0.05, 0) is 19.3 Å². The summed E-state index contributed by atoms with van der Waals surface area (Å²) in [5.41, 5.74) is 0. The second-order valence-corrected chi connectivity index (χ2v) is 6.47. The van der Waals surface area contributed by atoms with E-state index in [0.29, 0.717) is 6.42 Å². The molecule has 5 nitrogen and oxygen atoms in total. The van der Waals surface area contributed by atoms with Crippen LogP contribution in [0, 0.1) is 0 Å². The number of hydrogen-bond donors (Lipinski definition) is 0. The molecule has 1 aromatic rings. The van der Waals surface area contributed by atoms with Crippen LogP contribution in [0.4, 0.5) is 0 Å². The lowest BCUT2D eigenvalue weighted by Gasteiger charge is -2.27. The number of hydrogen-bond acceptors (Lipinski definition) is 4. The summed E-state index contributed by atoms with van der Waals surface area (Å²) < 4.78 is 24.7. The van der Waals surface area contributed by atoms with Gasteiger partial charge in [0.05, 0.1) is 11.3 Å². The fraction of sp³-hybridized carbons (Fsp3) is 0.778. The molecule has 6 heteroatoms. The lowest BCUT2D eigenvalue weighted by molar-refractivity contribution is 0.329. The average molecular weight is 229 g/mol. The van der Waals surface area contributed by atoms with E-state index in [1.807, 2.05) is 0 Å². The van der Waals surface area contributed by atoms with Gasteiger partial charge in [0.1, 0.15) is 22.5 Å². The van der Waals surface area contributed by atoms with Crippen LogP contribution in [0.5, 0.6) is 0 Å². The van der Waals surface area contributed by atoms with Crippen molar-refractivity contribution in [2.45, 2.75) is 37.0 Å². The molecule has 2 unspecified atom stereocenters. The summed E-state index contributed by atoms with van der Waals surface area (Å²) in [5.74, 6) is 0. The Labute approximate surface area is 89.4 Å². The summed E-state index contributed by atoms with van der Waals surface area (Å²) in [7, 11) is -2.91. The molecule has 0 spiro atoms. The Hall–Kier alpha value is -0.910. The second kappa shape index (κ2) is 3.92. The van der Waals surface area contributed by atoms with Crippen LogP contribution >= 0.6 is 0 Å². The summed E-state index contributed by atoms with van der Waals surface area (Å²) >= 11 is 0. The third kappa shape index (κ3) is 2.37. The molecule has 1 fully saturated rings. The summed E-state index contributed by atoms with van der Waals surface area (Å²) in [5, 5.41) is 3.86. The molecule has 0 amide bonds. The van der Waals surface area contributed by atoms with Gasteiger partial charge in [0.15, 0.2) is 0 Å². The molecule has 1 heterocycles. The van der Waals surface area contributed by atoms with Crippen LogP contribution in [0.3, 0.4) is 0 Å². The lowest BCUT2D eigenvalue weighted by atomic mass is 9.95. The van der Waals surface area contributed by atoms with E-state index in [0.717, 1.165) is 19.3 Å². The second-order valence-electron chi connectivity index (χ2n) is 4.15. The fourth-order valence-corrected chi connectivity index (χ4v) is 3.32. The predicted molar refractivity (Wildman–Crippen MR) is 56.2 cm³/mol. The number of sulfone groups is 1. The molecule has 1 saturated carbocycles. The molecule has 1 aliphatic rings. The first-order valence-corrected chi connectivity index (χ1v) is 7.06. The van der Waals surface area contributed by atoms with Gasteiger partial charge in [-0.25, -0.2) is 18.1 Å². The Morgan fingerprint density at radius 2 is 2.20 bits per heavy atom. The van der Waals surface area contributed by atoms with Gasteiger partial charge in [-0.1, -0.05) is 6.42 Å². The highest BCUT2D eigenvalue weighted by Gasteiger charge is 2.29. The molecule has 2 atom stereocenters. The molecule has 0 saturated heterocycles. The standard InChI is InChI=1S/C9H15N3O2S/c1-15(13,14)9-4-2-3-8(5-9)12-7-10-6-11-12/h6-9H,2-5H2,1H3. The minimum atomic E-state index is -2.91. The Morgan fingerprint density at radius 1 is 1.40 bits per heavy atom. The van der Waals surface area contributed by atoms with Gasteiger partial charge >= 0.3 is 0 Å². The van der Waals surface area contributed by atoms with Crippen LogP contribution in [0.2, 0.25) is 0 Å². The van der Waals surface area contributed by atoms with Gasteiger partial charge in [-0.15, -0.1) is 0 Å². The van der Waals surface area contributed by atoms with E-state index in [9.17, 15) is 8.42 Å². The Kier molecular flexibility index (Phi) is 2.77. The zero-order chi connectivity index (χ0) is 10.9. The van der Waals surface area contributed by atoms with Crippen LogP contribution in [-0.2, 0) is 9.84 Å². The highest BCUT2D eigenvalue weighted by atomic mass is 32.2. The molecular formula is C9H15N3O2S. The molecule has 2 rings (SSSR count). The quantitative estimate of drug-likeness (QED) is 0.752. The minimum absolute atomic E-state index is 0.195. The van der Waals surface area contributed by atoms with Crippen molar-refractivity contribution in [1.29, 1.82) is 0 Å². The molecule has 1 aliphatic carbocycles. The van der Waals surface area contributed by atoms with E-state index in [4.69, 9.17) is 0 Å². The SMILES string of the molecule is CS(=O)(=O)C1CCCC(n2cncn2)C1.